The van der Waals surface area contributed by atoms with Crippen molar-refractivity contribution in [3.05, 3.63) is 29.8 Å². The molecule has 1 aromatic carbocycles. The van der Waals surface area contributed by atoms with Gasteiger partial charge in [-0.05, 0) is 31.0 Å². The molecule has 1 aromatic rings. The molecular weight excluding hydrogens is 232 g/mol. The Hall–Kier alpha value is -1.55. The van der Waals surface area contributed by atoms with Crippen LogP contribution in [0, 0.1) is 5.92 Å². The van der Waals surface area contributed by atoms with E-state index in [4.69, 9.17) is 14.6 Å². The number of carbonyl (C=O) groups is 1. The topological polar surface area (TPSA) is 55.8 Å². The molecule has 0 heterocycles. The molecule has 1 unspecified atom stereocenters. The highest BCUT2D eigenvalue weighted by atomic mass is 16.5. The van der Waals surface area contributed by atoms with Crippen LogP contribution in [0.5, 0.6) is 5.75 Å². The summed E-state index contributed by atoms with van der Waals surface area (Å²) in [5, 5.41) is 8.83. The van der Waals surface area contributed by atoms with Gasteiger partial charge in [-0.3, -0.25) is 0 Å². The summed E-state index contributed by atoms with van der Waals surface area (Å²) in [6.07, 6.45) is 0.193. The number of carboxylic acids is 1. The summed E-state index contributed by atoms with van der Waals surface area (Å²) in [5.74, 6) is 0.0705. The molecule has 18 heavy (non-hydrogen) atoms. The first-order chi connectivity index (χ1) is 8.50. The van der Waals surface area contributed by atoms with E-state index >= 15 is 0 Å². The molecule has 0 aliphatic carbocycles. The molecular formula is C14H20O4. The molecule has 0 aromatic heterocycles. The van der Waals surface area contributed by atoms with Gasteiger partial charge in [0, 0.05) is 0 Å². The summed E-state index contributed by atoms with van der Waals surface area (Å²) in [6.45, 7) is 7.14. The highest BCUT2D eigenvalue weighted by molar-refractivity contribution is 5.87. The number of rotatable bonds is 7. The van der Waals surface area contributed by atoms with Gasteiger partial charge in [0.05, 0.1) is 18.3 Å². The Balaban J connectivity index is 2.35. The summed E-state index contributed by atoms with van der Waals surface area (Å²) in [7, 11) is 0. The Morgan fingerprint density at radius 3 is 2.61 bits per heavy atom. The van der Waals surface area contributed by atoms with Crippen molar-refractivity contribution in [1.82, 2.24) is 0 Å². The maximum absolute atomic E-state index is 10.8. The van der Waals surface area contributed by atoms with Crippen LogP contribution in [0.25, 0.3) is 0 Å². The van der Waals surface area contributed by atoms with E-state index in [-0.39, 0.29) is 11.7 Å². The predicted molar refractivity (Wildman–Crippen MR) is 69.1 cm³/mol. The summed E-state index contributed by atoms with van der Waals surface area (Å²) in [6, 6.07) is 6.44. The quantitative estimate of drug-likeness (QED) is 0.758. The van der Waals surface area contributed by atoms with E-state index in [2.05, 4.69) is 13.8 Å². The lowest BCUT2D eigenvalue weighted by molar-refractivity contribution is 0.0188. The largest absolute Gasteiger partial charge is 0.491 e. The second-order valence-corrected chi connectivity index (χ2v) is 4.50. The molecule has 0 saturated heterocycles. The Morgan fingerprint density at radius 1 is 1.28 bits per heavy atom. The van der Waals surface area contributed by atoms with E-state index in [1.165, 1.54) is 12.1 Å². The Morgan fingerprint density at radius 2 is 2.00 bits per heavy atom. The van der Waals surface area contributed by atoms with Crippen LogP contribution >= 0.6 is 0 Å². The smallest absolute Gasteiger partial charge is 0.335 e. The third-order valence-electron chi connectivity index (χ3n) is 2.75. The van der Waals surface area contributed by atoms with E-state index in [1.54, 1.807) is 12.1 Å². The van der Waals surface area contributed by atoms with Gasteiger partial charge < -0.3 is 14.6 Å². The van der Waals surface area contributed by atoms with Crippen LogP contribution in [0.15, 0.2) is 24.3 Å². The van der Waals surface area contributed by atoms with E-state index in [0.29, 0.717) is 24.9 Å². The molecule has 0 radical (unpaired) electrons. The third-order valence-corrected chi connectivity index (χ3v) is 2.75. The van der Waals surface area contributed by atoms with Gasteiger partial charge in [0.15, 0.2) is 0 Å². The molecule has 4 nitrogen and oxygen atoms in total. The number of hydrogen-bond acceptors (Lipinski definition) is 3. The lowest BCUT2D eigenvalue weighted by Crippen LogP contribution is -2.19. The number of ether oxygens (including phenoxy) is 2. The second-order valence-electron chi connectivity index (χ2n) is 4.50. The van der Waals surface area contributed by atoms with Crippen LogP contribution in [-0.4, -0.2) is 30.4 Å². The fraction of sp³-hybridized carbons (Fsp3) is 0.500. The van der Waals surface area contributed by atoms with Crippen LogP contribution in [0.3, 0.4) is 0 Å². The lowest BCUT2D eigenvalue weighted by Gasteiger charge is -2.16. The number of benzene rings is 1. The van der Waals surface area contributed by atoms with Crippen molar-refractivity contribution in [1.29, 1.82) is 0 Å². The average Bonchev–Trinajstić information content (AvgIpc) is 2.34. The standard InChI is InChI=1S/C14H20O4/c1-10(2)11(3)17-7-8-18-13-6-4-5-12(9-13)14(15)16/h4-6,9-11H,7-8H2,1-3H3,(H,15,16). The molecule has 0 bridgehead atoms. The fourth-order valence-corrected chi connectivity index (χ4v) is 1.30. The summed E-state index contributed by atoms with van der Waals surface area (Å²) < 4.78 is 11.0. The Bertz CT molecular complexity index is 387. The zero-order valence-corrected chi connectivity index (χ0v) is 11.1. The molecule has 0 aliphatic heterocycles. The first-order valence-electron chi connectivity index (χ1n) is 6.08. The van der Waals surface area contributed by atoms with Crippen molar-refractivity contribution < 1.29 is 19.4 Å². The first-order valence-corrected chi connectivity index (χ1v) is 6.08. The van der Waals surface area contributed by atoms with Gasteiger partial charge in [-0.15, -0.1) is 0 Å². The van der Waals surface area contributed by atoms with Crippen molar-refractivity contribution in [3.8, 4) is 5.75 Å². The first kappa shape index (κ1) is 14.5. The van der Waals surface area contributed by atoms with Crippen molar-refractivity contribution >= 4 is 5.97 Å². The molecule has 100 valence electrons. The zero-order valence-electron chi connectivity index (χ0n) is 11.1. The molecule has 0 fully saturated rings. The molecule has 1 atom stereocenters. The van der Waals surface area contributed by atoms with Crippen LogP contribution in [0.2, 0.25) is 0 Å². The maximum atomic E-state index is 10.8. The van der Waals surface area contributed by atoms with Crippen molar-refractivity contribution in [2.75, 3.05) is 13.2 Å². The fourth-order valence-electron chi connectivity index (χ4n) is 1.30. The van der Waals surface area contributed by atoms with Crippen LogP contribution in [0.4, 0.5) is 0 Å². The van der Waals surface area contributed by atoms with Crippen molar-refractivity contribution in [2.45, 2.75) is 26.9 Å². The minimum atomic E-state index is -0.954. The number of hydrogen-bond donors (Lipinski definition) is 1. The predicted octanol–water partition coefficient (Wildman–Crippen LogP) is 2.82. The van der Waals surface area contributed by atoms with Gasteiger partial charge in [0.2, 0.25) is 0 Å². The Labute approximate surface area is 108 Å². The molecule has 0 aliphatic rings. The van der Waals surface area contributed by atoms with Crippen LogP contribution < -0.4 is 4.74 Å². The van der Waals surface area contributed by atoms with Crippen molar-refractivity contribution in [2.24, 2.45) is 5.92 Å². The maximum Gasteiger partial charge on any atom is 0.335 e. The van der Waals surface area contributed by atoms with E-state index in [1.807, 2.05) is 6.92 Å². The second kappa shape index (κ2) is 7.01. The van der Waals surface area contributed by atoms with Gasteiger partial charge in [0.25, 0.3) is 0 Å². The third kappa shape index (κ3) is 4.75. The minimum Gasteiger partial charge on any atom is -0.491 e. The summed E-state index contributed by atoms with van der Waals surface area (Å²) in [4.78, 5) is 10.8. The zero-order chi connectivity index (χ0) is 13.5. The summed E-state index contributed by atoms with van der Waals surface area (Å²) in [5.41, 5.74) is 0.226. The average molecular weight is 252 g/mol. The molecule has 0 saturated carbocycles. The van der Waals surface area contributed by atoms with Crippen LogP contribution in [0.1, 0.15) is 31.1 Å². The Kier molecular flexibility index (Phi) is 5.65. The van der Waals surface area contributed by atoms with Gasteiger partial charge in [-0.25, -0.2) is 4.79 Å². The lowest BCUT2D eigenvalue weighted by atomic mass is 10.1. The molecule has 1 rings (SSSR count). The van der Waals surface area contributed by atoms with E-state index in [9.17, 15) is 4.79 Å². The van der Waals surface area contributed by atoms with Crippen molar-refractivity contribution in [3.63, 3.8) is 0 Å². The normalized spacial score (nSPS) is 12.4. The highest BCUT2D eigenvalue weighted by Gasteiger charge is 2.07. The molecule has 0 amide bonds. The van der Waals surface area contributed by atoms with Gasteiger partial charge in [0.1, 0.15) is 12.4 Å². The monoisotopic (exact) mass is 252 g/mol. The molecule has 4 heteroatoms. The van der Waals surface area contributed by atoms with Gasteiger partial charge >= 0.3 is 5.97 Å². The highest BCUT2D eigenvalue weighted by Crippen LogP contribution is 2.13. The van der Waals surface area contributed by atoms with E-state index in [0.717, 1.165) is 0 Å². The van der Waals surface area contributed by atoms with Gasteiger partial charge in [-0.2, -0.15) is 0 Å². The van der Waals surface area contributed by atoms with Crippen LogP contribution in [-0.2, 0) is 4.74 Å². The minimum absolute atomic E-state index is 0.193. The molecule has 0 spiro atoms. The number of carboxylic acid groups (broad SMARTS) is 1. The summed E-state index contributed by atoms with van der Waals surface area (Å²) >= 11 is 0. The van der Waals surface area contributed by atoms with E-state index < -0.39 is 5.97 Å². The number of aromatic carboxylic acids is 1. The SMILES string of the molecule is CC(C)C(C)OCCOc1cccc(C(=O)O)c1. The molecule has 1 N–H and O–H groups in total. The van der Waals surface area contributed by atoms with Gasteiger partial charge in [-0.1, -0.05) is 19.9 Å².